The summed E-state index contributed by atoms with van der Waals surface area (Å²) in [7, 11) is 1.63. The van der Waals surface area contributed by atoms with Crippen LogP contribution in [-0.2, 0) is 12.3 Å². The van der Waals surface area contributed by atoms with Gasteiger partial charge in [-0.2, -0.15) is 0 Å². The van der Waals surface area contributed by atoms with Crippen molar-refractivity contribution in [2.45, 2.75) is 23.6 Å². The SMILES string of the molecule is CCn1c(=O)c2ccccc2n2c(CSc3nnc(Nc4cccc(OC)c4)s3)nnc12. The van der Waals surface area contributed by atoms with Crippen LogP contribution < -0.4 is 15.6 Å². The topological polar surface area (TPSA) is 99.2 Å². The number of aromatic nitrogens is 6. The van der Waals surface area contributed by atoms with Gasteiger partial charge in [0.05, 0.1) is 23.8 Å². The van der Waals surface area contributed by atoms with Gasteiger partial charge in [0.25, 0.3) is 5.56 Å². The van der Waals surface area contributed by atoms with Gasteiger partial charge in [-0.3, -0.25) is 13.8 Å². The van der Waals surface area contributed by atoms with Crippen molar-refractivity contribution < 1.29 is 4.74 Å². The second kappa shape index (κ2) is 8.60. The molecular weight excluding hydrogens is 446 g/mol. The molecule has 5 aromatic rings. The molecule has 0 aliphatic carbocycles. The van der Waals surface area contributed by atoms with Crippen LogP contribution in [0.4, 0.5) is 10.8 Å². The largest absolute Gasteiger partial charge is 0.497 e. The lowest BCUT2D eigenvalue weighted by Gasteiger charge is -2.09. The summed E-state index contributed by atoms with van der Waals surface area (Å²) >= 11 is 2.99. The number of thioether (sulfide) groups is 1. The number of anilines is 2. The third-order valence-electron chi connectivity index (χ3n) is 4.94. The van der Waals surface area contributed by atoms with Crippen molar-refractivity contribution in [3.8, 4) is 5.75 Å². The molecular formula is C21H19N7O2S2. The molecule has 0 fully saturated rings. The lowest BCUT2D eigenvalue weighted by molar-refractivity contribution is 0.415. The van der Waals surface area contributed by atoms with E-state index in [-0.39, 0.29) is 5.56 Å². The molecule has 0 bridgehead atoms. The Bertz CT molecular complexity index is 1470. The molecule has 0 saturated heterocycles. The molecule has 11 heteroatoms. The molecule has 0 unspecified atom stereocenters. The van der Waals surface area contributed by atoms with E-state index in [1.165, 1.54) is 23.1 Å². The summed E-state index contributed by atoms with van der Waals surface area (Å²) < 4.78 is 9.65. The van der Waals surface area contributed by atoms with Crippen LogP contribution in [0.3, 0.4) is 0 Å². The van der Waals surface area contributed by atoms with E-state index in [1.54, 1.807) is 11.7 Å². The summed E-state index contributed by atoms with van der Waals surface area (Å²) in [6.07, 6.45) is 0. The summed E-state index contributed by atoms with van der Waals surface area (Å²) in [6.45, 7) is 2.45. The molecule has 0 radical (unpaired) electrons. The van der Waals surface area contributed by atoms with E-state index in [1.807, 2.05) is 59.9 Å². The molecule has 1 N–H and O–H groups in total. The maximum atomic E-state index is 12.8. The van der Waals surface area contributed by atoms with Crippen molar-refractivity contribution in [3.05, 3.63) is 64.7 Å². The molecule has 0 amide bonds. The van der Waals surface area contributed by atoms with Crippen molar-refractivity contribution in [2.75, 3.05) is 12.4 Å². The number of nitrogens with one attached hydrogen (secondary N) is 1. The van der Waals surface area contributed by atoms with E-state index in [4.69, 9.17) is 4.74 Å². The molecule has 0 atom stereocenters. The van der Waals surface area contributed by atoms with Crippen molar-refractivity contribution in [1.29, 1.82) is 0 Å². The van der Waals surface area contributed by atoms with Crippen LogP contribution in [0.1, 0.15) is 12.7 Å². The van der Waals surface area contributed by atoms with Crippen LogP contribution in [0, 0.1) is 0 Å². The summed E-state index contributed by atoms with van der Waals surface area (Å²) in [5.41, 5.74) is 1.62. The number of hydrogen-bond donors (Lipinski definition) is 1. The number of fused-ring (bicyclic) bond motifs is 3. The van der Waals surface area contributed by atoms with Gasteiger partial charge in [-0.25, -0.2) is 0 Å². The molecule has 5 rings (SSSR count). The van der Waals surface area contributed by atoms with Crippen LogP contribution in [0.15, 0.2) is 57.7 Å². The second-order valence-corrected chi connectivity index (χ2v) is 9.04. The van der Waals surface area contributed by atoms with Crippen molar-refractivity contribution in [3.63, 3.8) is 0 Å². The number of methoxy groups -OCH3 is 1. The first kappa shape index (κ1) is 20.5. The summed E-state index contributed by atoms with van der Waals surface area (Å²) in [6, 6.07) is 15.2. The molecule has 32 heavy (non-hydrogen) atoms. The summed E-state index contributed by atoms with van der Waals surface area (Å²) in [5, 5.41) is 21.7. The Labute approximate surface area is 191 Å². The van der Waals surface area contributed by atoms with Crippen molar-refractivity contribution >= 4 is 50.6 Å². The Hall–Kier alpha value is -3.44. The average molecular weight is 466 g/mol. The summed E-state index contributed by atoms with van der Waals surface area (Å²) in [5.74, 6) is 2.61. The molecule has 3 aromatic heterocycles. The molecule has 0 saturated carbocycles. The van der Waals surface area contributed by atoms with Gasteiger partial charge >= 0.3 is 0 Å². The van der Waals surface area contributed by atoms with Gasteiger partial charge in [0.2, 0.25) is 10.9 Å². The number of benzene rings is 2. The highest BCUT2D eigenvalue weighted by Gasteiger charge is 2.16. The highest BCUT2D eigenvalue weighted by Crippen LogP contribution is 2.30. The molecule has 9 nitrogen and oxygen atoms in total. The second-order valence-electron chi connectivity index (χ2n) is 6.84. The number of para-hydroxylation sites is 1. The Balaban J connectivity index is 1.40. The third-order valence-corrected chi connectivity index (χ3v) is 6.91. The Kier molecular flexibility index (Phi) is 5.50. The predicted octanol–water partition coefficient (Wildman–Crippen LogP) is 3.96. The fourth-order valence-corrected chi connectivity index (χ4v) is 5.15. The molecule has 162 valence electrons. The van der Waals surface area contributed by atoms with Crippen molar-refractivity contribution in [2.24, 2.45) is 0 Å². The fourth-order valence-electron chi connectivity index (χ4n) is 3.46. The number of aryl methyl sites for hydroxylation is 1. The van der Waals surface area contributed by atoms with E-state index < -0.39 is 0 Å². The van der Waals surface area contributed by atoms with Crippen LogP contribution in [-0.4, -0.2) is 36.5 Å². The third kappa shape index (κ3) is 3.69. The first-order valence-electron chi connectivity index (χ1n) is 9.91. The Morgan fingerprint density at radius 3 is 2.81 bits per heavy atom. The molecule has 0 spiro atoms. The minimum absolute atomic E-state index is 0.0559. The lowest BCUT2D eigenvalue weighted by Crippen LogP contribution is -2.22. The minimum atomic E-state index is -0.0559. The predicted molar refractivity (Wildman–Crippen MR) is 126 cm³/mol. The fraction of sp³-hybridized carbons (Fsp3) is 0.190. The van der Waals surface area contributed by atoms with E-state index >= 15 is 0 Å². The Morgan fingerprint density at radius 2 is 1.97 bits per heavy atom. The monoisotopic (exact) mass is 465 g/mol. The van der Waals surface area contributed by atoms with Gasteiger partial charge < -0.3 is 10.1 Å². The standard InChI is InChI=1S/C21H19N7O2S2/c1-3-27-18(29)15-9-4-5-10-16(15)28-17(23-25-20(27)28)12-31-21-26-24-19(32-21)22-13-7-6-8-14(11-13)30-2/h4-11H,3,12H2,1-2H3,(H,22,24). The van der Waals surface area contributed by atoms with Gasteiger partial charge in [0, 0.05) is 18.3 Å². The normalized spacial score (nSPS) is 11.3. The van der Waals surface area contributed by atoms with E-state index in [0.29, 0.717) is 28.6 Å². The van der Waals surface area contributed by atoms with Crippen LogP contribution in [0.2, 0.25) is 0 Å². The molecule has 2 aromatic carbocycles. The first-order valence-corrected chi connectivity index (χ1v) is 11.7. The van der Waals surface area contributed by atoms with E-state index in [9.17, 15) is 4.79 Å². The zero-order chi connectivity index (χ0) is 22.1. The summed E-state index contributed by atoms with van der Waals surface area (Å²) in [4.78, 5) is 12.8. The zero-order valence-corrected chi connectivity index (χ0v) is 19.0. The van der Waals surface area contributed by atoms with Crippen molar-refractivity contribution in [1.82, 2.24) is 29.4 Å². The number of rotatable bonds is 7. The van der Waals surface area contributed by atoms with Gasteiger partial charge in [0.15, 0.2) is 4.34 Å². The maximum Gasteiger partial charge on any atom is 0.262 e. The first-order chi connectivity index (χ1) is 15.7. The van der Waals surface area contributed by atoms with Gasteiger partial charge in [-0.05, 0) is 31.2 Å². The quantitative estimate of drug-likeness (QED) is 0.361. The molecule has 0 aliphatic rings. The van der Waals surface area contributed by atoms with Crippen LogP contribution >= 0.6 is 23.1 Å². The van der Waals surface area contributed by atoms with Gasteiger partial charge in [-0.1, -0.05) is 41.3 Å². The Morgan fingerprint density at radius 1 is 1.09 bits per heavy atom. The van der Waals surface area contributed by atoms with E-state index in [2.05, 4.69) is 25.7 Å². The van der Waals surface area contributed by atoms with Crippen LogP contribution in [0.25, 0.3) is 16.7 Å². The highest BCUT2D eigenvalue weighted by molar-refractivity contribution is 8.00. The zero-order valence-electron chi connectivity index (χ0n) is 17.3. The lowest BCUT2D eigenvalue weighted by atomic mass is 10.2. The van der Waals surface area contributed by atoms with Gasteiger partial charge in [0.1, 0.15) is 11.6 Å². The van der Waals surface area contributed by atoms with E-state index in [0.717, 1.165) is 27.1 Å². The number of ether oxygens (including phenoxy) is 1. The highest BCUT2D eigenvalue weighted by atomic mass is 32.2. The number of hydrogen-bond acceptors (Lipinski definition) is 9. The molecule has 3 heterocycles. The van der Waals surface area contributed by atoms with Crippen LogP contribution in [0.5, 0.6) is 5.75 Å². The average Bonchev–Trinajstić information content (AvgIpc) is 3.45. The van der Waals surface area contributed by atoms with Gasteiger partial charge in [-0.15, -0.1) is 20.4 Å². The number of nitrogens with zero attached hydrogens (tertiary/aromatic N) is 6. The maximum absolute atomic E-state index is 12.8. The minimum Gasteiger partial charge on any atom is -0.497 e. The molecule has 0 aliphatic heterocycles. The smallest absolute Gasteiger partial charge is 0.262 e.